The molecule has 1 aliphatic heterocycles. The first-order chi connectivity index (χ1) is 16.3. The number of rotatable bonds is 7. The summed E-state index contributed by atoms with van der Waals surface area (Å²) >= 11 is 0. The highest BCUT2D eigenvalue weighted by Crippen LogP contribution is 2.22. The number of hydrogen-bond acceptors (Lipinski definition) is 4. The summed E-state index contributed by atoms with van der Waals surface area (Å²) in [6.07, 6.45) is 1.17. The number of hydrogen-bond donors (Lipinski definition) is 2. The normalized spacial score (nSPS) is 13.8. The lowest BCUT2D eigenvalue weighted by atomic mass is 9.94. The fourth-order valence-corrected chi connectivity index (χ4v) is 4.13. The maximum Gasteiger partial charge on any atom is 0.254 e. The van der Waals surface area contributed by atoms with E-state index in [4.69, 9.17) is 0 Å². The zero-order valence-electron chi connectivity index (χ0n) is 20.0. The maximum absolute atomic E-state index is 13.1. The standard InChI is InChI=1S/C26H32N4O4/c1-4-29(17-24(32)28-22-11-9-21(10-12-22)27-19(3)31)25(33)20-13-15-30(16-14-20)26(34)23-8-6-5-7-18(23)2/h5-12,20H,4,13-17H2,1-3H3,(H,27,31)(H,28,32). The molecule has 2 N–H and O–H groups in total. The summed E-state index contributed by atoms with van der Waals surface area (Å²) in [7, 11) is 0. The van der Waals surface area contributed by atoms with Crippen LogP contribution in [0.25, 0.3) is 0 Å². The van der Waals surface area contributed by atoms with Crippen molar-refractivity contribution in [3.63, 3.8) is 0 Å². The molecule has 0 radical (unpaired) electrons. The van der Waals surface area contributed by atoms with E-state index in [-0.39, 0.29) is 36.1 Å². The van der Waals surface area contributed by atoms with Gasteiger partial charge in [0.15, 0.2) is 0 Å². The summed E-state index contributed by atoms with van der Waals surface area (Å²) in [6.45, 7) is 6.64. The zero-order valence-corrected chi connectivity index (χ0v) is 20.0. The van der Waals surface area contributed by atoms with Crippen molar-refractivity contribution >= 4 is 35.0 Å². The quantitative estimate of drug-likeness (QED) is 0.657. The van der Waals surface area contributed by atoms with Crippen molar-refractivity contribution in [2.45, 2.75) is 33.6 Å². The van der Waals surface area contributed by atoms with Crippen molar-refractivity contribution in [1.29, 1.82) is 0 Å². The van der Waals surface area contributed by atoms with Crippen LogP contribution in [-0.4, -0.2) is 59.6 Å². The van der Waals surface area contributed by atoms with E-state index in [1.54, 1.807) is 34.1 Å². The molecule has 0 saturated carbocycles. The van der Waals surface area contributed by atoms with E-state index in [1.807, 2.05) is 38.1 Å². The number of likely N-dealkylation sites (N-methyl/N-ethyl adjacent to an activating group) is 1. The molecule has 1 heterocycles. The van der Waals surface area contributed by atoms with Crippen LogP contribution in [0.4, 0.5) is 11.4 Å². The molecule has 8 nitrogen and oxygen atoms in total. The molecule has 180 valence electrons. The molecule has 0 spiro atoms. The monoisotopic (exact) mass is 464 g/mol. The van der Waals surface area contributed by atoms with Crippen LogP contribution in [-0.2, 0) is 14.4 Å². The fourth-order valence-electron chi connectivity index (χ4n) is 4.13. The van der Waals surface area contributed by atoms with Crippen LogP contribution in [0.3, 0.4) is 0 Å². The Kier molecular flexibility index (Phi) is 8.40. The third-order valence-electron chi connectivity index (χ3n) is 6.02. The van der Waals surface area contributed by atoms with Crippen molar-refractivity contribution in [3.8, 4) is 0 Å². The van der Waals surface area contributed by atoms with Crippen molar-refractivity contribution in [2.24, 2.45) is 5.92 Å². The second-order valence-corrected chi connectivity index (χ2v) is 8.54. The minimum Gasteiger partial charge on any atom is -0.339 e. The van der Waals surface area contributed by atoms with Crippen LogP contribution in [0.1, 0.15) is 42.6 Å². The highest BCUT2D eigenvalue weighted by Gasteiger charge is 2.31. The predicted molar refractivity (Wildman–Crippen MR) is 131 cm³/mol. The van der Waals surface area contributed by atoms with E-state index in [9.17, 15) is 19.2 Å². The summed E-state index contributed by atoms with van der Waals surface area (Å²) in [4.78, 5) is 52.9. The van der Waals surface area contributed by atoms with Gasteiger partial charge in [-0.15, -0.1) is 0 Å². The molecule has 34 heavy (non-hydrogen) atoms. The second kappa shape index (κ2) is 11.4. The smallest absolute Gasteiger partial charge is 0.254 e. The van der Waals surface area contributed by atoms with Crippen LogP contribution < -0.4 is 10.6 Å². The van der Waals surface area contributed by atoms with E-state index < -0.39 is 0 Å². The van der Waals surface area contributed by atoms with Crippen LogP contribution in [0.2, 0.25) is 0 Å². The number of carbonyl (C=O) groups is 4. The van der Waals surface area contributed by atoms with E-state index >= 15 is 0 Å². The van der Waals surface area contributed by atoms with Crippen LogP contribution >= 0.6 is 0 Å². The molecule has 1 fully saturated rings. The predicted octanol–water partition coefficient (Wildman–Crippen LogP) is 3.29. The Morgan fingerprint density at radius 3 is 2.09 bits per heavy atom. The van der Waals surface area contributed by atoms with Crippen LogP contribution in [0.15, 0.2) is 48.5 Å². The minimum atomic E-state index is -0.283. The Labute approximate surface area is 200 Å². The lowest BCUT2D eigenvalue weighted by Gasteiger charge is -2.34. The Morgan fingerprint density at radius 1 is 0.941 bits per heavy atom. The number of nitrogens with one attached hydrogen (secondary N) is 2. The molecule has 0 aromatic heterocycles. The van der Waals surface area contributed by atoms with Gasteiger partial charge in [-0.25, -0.2) is 0 Å². The van der Waals surface area contributed by atoms with Gasteiger partial charge in [-0.3, -0.25) is 19.2 Å². The Balaban J connectivity index is 1.51. The van der Waals surface area contributed by atoms with Gasteiger partial charge in [0.25, 0.3) is 5.91 Å². The molecule has 0 unspecified atom stereocenters. The molecule has 1 saturated heterocycles. The zero-order chi connectivity index (χ0) is 24.7. The SMILES string of the molecule is CCN(CC(=O)Nc1ccc(NC(C)=O)cc1)C(=O)C1CCN(C(=O)c2ccccc2C)CC1. The second-order valence-electron chi connectivity index (χ2n) is 8.54. The van der Waals surface area contributed by atoms with Crippen molar-refractivity contribution < 1.29 is 19.2 Å². The molecular formula is C26H32N4O4. The molecule has 8 heteroatoms. The number of amides is 4. The summed E-state index contributed by atoms with van der Waals surface area (Å²) < 4.78 is 0. The van der Waals surface area contributed by atoms with Gasteiger partial charge in [0.05, 0.1) is 6.54 Å². The van der Waals surface area contributed by atoms with Gasteiger partial charge in [-0.2, -0.15) is 0 Å². The Bertz CT molecular complexity index is 1040. The van der Waals surface area contributed by atoms with Gasteiger partial charge in [-0.05, 0) is 62.6 Å². The van der Waals surface area contributed by atoms with Gasteiger partial charge in [0.1, 0.15) is 0 Å². The van der Waals surface area contributed by atoms with E-state index in [2.05, 4.69) is 10.6 Å². The summed E-state index contributed by atoms with van der Waals surface area (Å²) in [5.41, 5.74) is 2.87. The maximum atomic E-state index is 13.1. The average Bonchev–Trinajstić information content (AvgIpc) is 2.83. The number of anilines is 2. The molecule has 2 aromatic rings. The number of piperidine rings is 1. The lowest BCUT2D eigenvalue weighted by molar-refractivity contribution is -0.139. The van der Waals surface area contributed by atoms with Crippen LogP contribution in [0.5, 0.6) is 0 Å². The summed E-state index contributed by atoms with van der Waals surface area (Å²) in [6, 6.07) is 14.3. The average molecular weight is 465 g/mol. The number of carbonyl (C=O) groups excluding carboxylic acids is 4. The number of benzene rings is 2. The lowest BCUT2D eigenvalue weighted by Crippen LogP contribution is -2.46. The third-order valence-corrected chi connectivity index (χ3v) is 6.02. The first-order valence-corrected chi connectivity index (χ1v) is 11.6. The van der Waals surface area contributed by atoms with Crippen molar-refractivity contribution in [2.75, 3.05) is 36.8 Å². The molecule has 1 aliphatic rings. The minimum absolute atomic E-state index is 0.000228. The number of nitrogens with zero attached hydrogens (tertiary/aromatic N) is 2. The highest BCUT2D eigenvalue weighted by atomic mass is 16.2. The van der Waals surface area contributed by atoms with E-state index in [0.717, 1.165) is 5.56 Å². The van der Waals surface area contributed by atoms with E-state index in [0.29, 0.717) is 49.4 Å². The molecular weight excluding hydrogens is 432 g/mol. The van der Waals surface area contributed by atoms with E-state index in [1.165, 1.54) is 6.92 Å². The first-order valence-electron chi connectivity index (χ1n) is 11.6. The summed E-state index contributed by atoms with van der Waals surface area (Å²) in [5.74, 6) is -0.707. The Hall–Kier alpha value is -3.68. The Morgan fingerprint density at radius 2 is 1.53 bits per heavy atom. The topological polar surface area (TPSA) is 98.8 Å². The van der Waals surface area contributed by atoms with Gasteiger partial charge in [0.2, 0.25) is 17.7 Å². The largest absolute Gasteiger partial charge is 0.339 e. The number of aryl methyl sites for hydroxylation is 1. The summed E-state index contributed by atoms with van der Waals surface area (Å²) in [5, 5.41) is 5.46. The van der Waals surface area contributed by atoms with Gasteiger partial charge < -0.3 is 20.4 Å². The number of likely N-dealkylation sites (tertiary alicyclic amines) is 1. The third kappa shape index (κ3) is 6.43. The van der Waals surface area contributed by atoms with Gasteiger partial charge >= 0.3 is 0 Å². The fraction of sp³-hybridized carbons (Fsp3) is 0.385. The molecule has 2 aromatic carbocycles. The molecule has 3 rings (SSSR count). The van der Waals surface area contributed by atoms with Crippen molar-refractivity contribution in [1.82, 2.24) is 9.80 Å². The molecule has 0 aliphatic carbocycles. The molecule has 0 bridgehead atoms. The van der Waals surface area contributed by atoms with Crippen molar-refractivity contribution in [3.05, 3.63) is 59.7 Å². The molecule has 4 amide bonds. The van der Waals surface area contributed by atoms with Gasteiger partial charge in [-0.1, -0.05) is 18.2 Å². The first kappa shape index (κ1) is 25.0. The van der Waals surface area contributed by atoms with Gasteiger partial charge in [0, 0.05) is 49.4 Å². The molecule has 0 atom stereocenters. The highest BCUT2D eigenvalue weighted by molar-refractivity contribution is 5.96. The van der Waals surface area contributed by atoms with Crippen LogP contribution in [0, 0.1) is 12.8 Å².